The maximum Gasteiger partial charge on any atom is 0.256 e. The van der Waals surface area contributed by atoms with E-state index in [1.165, 1.54) is 23.5 Å². The molecule has 1 aliphatic heterocycles. The Bertz CT molecular complexity index is 1430. The van der Waals surface area contributed by atoms with Gasteiger partial charge in [-0.05, 0) is 37.1 Å². The fourth-order valence-electron chi connectivity index (χ4n) is 4.73. The first kappa shape index (κ1) is 23.9. The number of benzene rings is 1. The number of fused-ring (bicyclic) bond motifs is 2. The number of aryl methyl sites for hydroxylation is 1. The highest BCUT2D eigenvalue weighted by atomic mass is 19.3. The zero-order valence-corrected chi connectivity index (χ0v) is 20.1. The van der Waals surface area contributed by atoms with Crippen LogP contribution in [-0.2, 0) is 11.3 Å². The number of carbonyl (C=O) groups is 1. The molecule has 0 spiro atoms. The average molecular weight is 502 g/mol. The van der Waals surface area contributed by atoms with Crippen LogP contribution < -0.4 is 10.1 Å². The number of aromatic nitrogens is 5. The number of anilines is 1. The Morgan fingerprint density at radius 3 is 2.78 bits per heavy atom. The summed E-state index contributed by atoms with van der Waals surface area (Å²) in [7, 11) is 1.48. The van der Waals surface area contributed by atoms with Gasteiger partial charge in [-0.1, -0.05) is 6.07 Å². The van der Waals surface area contributed by atoms with Gasteiger partial charge >= 0.3 is 0 Å². The molecule has 2 atom stereocenters. The van der Waals surface area contributed by atoms with Crippen molar-refractivity contribution in [2.45, 2.75) is 45.5 Å². The first-order chi connectivity index (χ1) is 17.2. The van der Waals surface area contributed by atoms with E-state index in [2.05, 4.69) is 20.4 Å². The SMILES string of the molecule is COc1nc(N[C@H]2CCN(C(C)=O)C[C@H]2F)nn2ccc(-c3ccc4nc(C)n(CC(F)F)c4c3)c12. The molecule has 1 aliphatic rings. The first-order valence-corrected chi connectivity index (χ1v) is 11.6. The van der Waals surface area contributed by atoms with Gasteiger partial charge in [0.25, 0.3) is 6.43 Å². The fourth-order valence-corrected chi connectivity index (χ4v) is 4.73. The molecular formula is C24H26F3N7O2. The monoisotopic (exact) mass is 501 g/mol. The van der Waals surface area contributed by atoms with Gasteiger partial charge in [0, 0.05) is 25.2 Å². The van der Waals surface area contributed by atoms with Gasteiger partial charge in [-0.3, -0.25) is 4.79 Å². The van der Waals surface area contributed by atoms with Crippen molar-refractivity contribution in [1.29, 1.82) is 0 Å². The average Bonchev–Trinajstić information content (AvgIpc) is 3.40. The molecule has 5 rings (SSSR count). The quantitative estimate of drug-likeness (QED) is 0.434. The van der Waals surface area contributed by atoms with Crippen LogP contribution in [0.1, 0.15) is 19.2 Å². The Hall–Kier alpha value is -3.83. The van der Waals surface area contributed by atoms with Crippen LogP contribution >= 0.6 is 0 Å². The number of halogens is 3. The van der Waals surface area contributed by atoms with E-state index in [4.69, 9.17) is 4.74 Å². The zero-order valence-electron chi connectivity index (χ0n) is 20.1. The molecule has 1 amide bonds. The number of imidazole rings is 1. The van der Waals surface area contributed by atoms with Gasteiger partial charge in [0.2, 0.25) is 17.7 Å². The minimum absolute atomic E-state index is 0.0180. The Balaban J connectivity index is 1.48. The second kappa shape index (κ2) is 9.32. The number of ether oxygens (including phenoxy) is 1. The standard InChI is InChI=1S/C24H26F3N7O2/c1-13-28-19-5-4-15(10-20(19)33(13)12-21(26)27)16-6-9-34-22(16)23(36-3)30-24(31-34)29-18-7-8-32(14(2)35)11-17(18)25/h4-6,9-10,17-18,21H,7-8,11-12H2,1-3H3,(H,29,31)/t17-,18+/m1/s1. The van der Waals surface area contributed by atoms with E-state index < -0.39 is 25.2 Å². The molecule has 36 heavy (non-hydrogen) atoms. The molecule has 3 aromatic heterocycles. The van der Waals surface area contributed by atoms with Crippen molar-refractivity contribution < 1.29 is 22.7 Å². The van der Waals surface area contributed by atoms with E-state index >= 15 is 0 Å². The van der Waals surface area contributed by atoms with Gasteiger partial charge in [0.1, 0.15) is 17.5 Å². The molecule has 0 saturated carbocycles. The molecule has 4 heterocycles. The lowest BCUT2D eigenvalue weighted by molar-refractivity contribution is -0.131. The summed E-state index contributed by atoms with van der Waals surface area (Å²) in [5.41, 5.74) is 3.34. The van der Waals surface area contributed by atoms with Crippen LogP contribution in [-0.4, -0.2) is 73.8 Å². The van der Waals surface area contributed by atoms with Crippen LogP contribution in [0.15, 0.2) is 30.5 Å². The van der Waals surface area contributed by atoms with E-state index in [1.807, 2.05) is 18.2 Å². The number of piperidine rings is 1. The molecule has 1 saturated heterocycles. The lowest BCUT2D eigenvalue weighted by Crippen LogP contribution is -2.49. The predicted octanol–water partition coefficient (Wildman–Crippen LogP) is 3.70. The van der Waals surface area contributed by atoms with Crippen LogP contribution in [0.25, 0.3) is 27.7 Å². The number of nitrogens with zero attached hydrogens (tertiary/aromatic N) is 6. The highest BCUT2D eigenvalue weighted by molar-refractivity contribution is 5.90. The summed E-state index contributed by atoms with van der Waals surface area (Å²) in [5.74, 6) is 0.843. The number of amides is 1. The number of nitrogens with one attached hydrogen (secondary N) is 1. The third-order valence-electron chi connectivity index (χ3n) is 6.54. The second-order valence-electron chi connectivity index (χ2n) is 8.85. The normalized spacial score (nSPS) is 18.4. The van der Waals surface area contributed by atoms with Gasteiger partial charge < -0.3 is 19.5 Å². The summed E-state index contributed by atoms with van der Waals surface area (Å²) in [6.07, 6.45) is -1.61. The first-order valence-electron chi connectivity index (χ1n) is 11.6. The third-order valence-corrected chi connectivity index (χ3v) is 6.54. The van der Waals surface area contributed by atoms with E-state index in [0.717, 1.165) is 11.1 Å². The van der Waals surface area contributed by atoms with E-state index in [9.17, 15) is 18.0 Å². The van der Waals surface area contributed by atoms with Crippen molar-refractivity contribution in [2.75, 3.05) is 25.5 Å². The number of carbonyl (C=O) groups excluding carboxylic acids is 1. The predicted molar refractivity (Wildman–Crippen MR) is 128 cm³/mol. The molecule has 1 N–H and O–H groups in total. The van der Waals surface area contributed by atoms with E-state index in [0.29, 0.717) is 35.3 Å². The van der Waals surface area contributed by atoms with Crippen molar-refractivity contribution in [3.63, 3.8) is 0 Å². The maximum absolute atomic E-state index is 14.7. The molecular weight excluding hydrogens is 475 g/mol. The van der Waals surface area contributed by atoms with Crippen molar-refractivity contribution in [1.82, 2.24) is 29.0 Å². The van der Waals surface area contributed by atoms with Crippen molar-refractivity contribution in [3.8, 4) is 17.0 Å². The van der Waals surface area contributed by atoms with Crippen LogP contribution in [0, 0.1) is 6.92 Å². The summed E-state index contributed by atoms with van der Waals surface area (Å²) in [6.45, 7) is 3.16. The van der Waals surface area contributed by atoms with Gasteiger partial charge in [-0.2, -0.15) is 4.98 Å². The summed E-state index contributed by atoms with van der Waals surface area (Å²) in [6, 6.07) is 6.76. The minimum Gasteiger partial charge on any atom is -0.479 e. The number of hydrogen-bond donors (Lipinski definition) is 1. The molecule has 4 aromatic rings. The third kappa shape index (κ3) is 4.31. The molecule has 1 aromatic carbocycles. The summed E-state index contributed by atoms with van der Waals surface area (Å²) >= 11 is 0. The molecule has 190 valence electrons. The molecule has 1 fully saturated rings. The molecule has 0 bridgehead atoms. The molecule has 0 unspecified atom stereocenters. The Labute approximate surface area is 204 Å². The lowest BCUT2D eigenvalue weighted by Gasteiger charge is -2.34. The molecule has 0 aliphatic carbocycles. The van der Waals surface area contributed by atoms with Crippen molar-refractivity contribution in [2.24, 2.45) is 0 Å². The van der Waals surface area contributed by atoms with Crippen molar-refractivity contribution >= 4 is 28.4 Å². The van der Waals surface area contributed by atoms with Crippen LogP contribution in [0.3, 0.4) is 0 Å². The fraction of sp³-hybridized carbons (Fsp3) is 0.417. The lowest BCUT2D eigenvalue weighted by atomic mass is 10.0. The largest absolute Gasteiger partial charge is 0.479 e. The van der Waals surface area contributed by atoms with Crippen molar-refractivity contribution in [3.05, 3.63) is 36.3 Å². The van der Waals surface area contributed by atoms with Crippen LogP contribution in [0.4, 0.5) is 19.1 Å². The number of alkyl halides is 3. The van der Waals surface area contributed by atoms with Crippen LogP contribution in [0.2, 0.25) is 0 Å². The van der Waals surface area contributed by atoms with Gasteiger partial charge in [0.15, 0.2) is 0 Å². The molecule has 12 heteroatoms. The van der Waals surface area contributed by atoms with Gasteiger partial charge in [-0.25, -0.2) is 22.7 Å². The molecule has 0 radical (unpaired) electrons. The molecule has 9 nitrogen and oxygen atoms in total. The van der Waals surface area contributed by atoms with Crippen LogP contribution in [0.5, 0.6) is 5.88 Å². The number of rotatable bonds is 6. The number of hydrogen-bond acceptors (Lipinski definition) is 6. The summed E-state index contributed by atoms with van der Waals surface area (Å²) in [4.78, 5) is 21.9. The maximum atomic E-state index is 14.7. The topological polar surface area (TPSA) is 89.6 Å². The highest BCUT2D eigenvalue weighted by Gasteiger charge is 2.31. The number of likely N-dealkylation sites (tertiary alicyclic amines) is 1. The summed E-state index contributed by atoms with van der Waals surface area (Å²) in [5, 5.41) is 7.53. The Morgan fingerprint density at radius 2 is 2.08 bits per heavy atom. The van der Waals surface area contributed by atoms with E-state index in [-0.39, 0.29) is 24.3 Å². The van der Waals surface area contributed by atoms with E-state index in [1.54, 1.807) is 23.7 Å². The minimum atomic E-state index is -2.50. The number of methoxy groups -OCH3 is 1. The second-order valence-corrected chi connectivity index (χ2v) is 8.85. The zero-order chi connectivity index (χ0) is 25.6. The summed E-state index contributed by atoms with van der Waals surface area (Å²) < 4.78 is 49.6. The smallest absolute Gasteiger partial charge is 0.256 e. The van der Waals surface area contributed by atoms with Gasteiger partial charge in [-0.15, -0.1) is 5.10 Å². The van der Waals surface area contributed by atoms with Gasteiger partial charge in [0.05, 0.1) is 37.3 Å². The highest BCUT2D eigenvalue weighted by Crippen LogP contribution is 2.33. The Kier molecular flexibility index (Phi) is 6.19. The Morgan fingerprint density at radius 1 is 1.28 bits per heavy atom.